The first-order valence-electron chi connectivity index (χ1n) is 5.68. The van der Waals surface area contributed by atoms with E-state index in [2.05, 4.69) is 15.4 Å². The molecule has 0 saturated heterocycles. The van der Waals surface area contributed by atoms with Gasteiger partial charge in [-0.3, -0.25) is 4.79 Å². The molecule has 0 aliphatic rings. The molecule has 0 fully saturated rings. The first kappa shape index (κ1) is 19.6. The number of halogens is 2. The van der Waals surface area contributed by atoms with Crippen molar-refractivity contribution in [2.45, 2.75) is 11.1 Å². The summed E-state index contributed by atoms with van der Waals surface area (Å²) in [5, 5.41) is 5.63. The molecule has 1 rings (SSSR count). The second-order valence-corrected chi connectivity index (χ2v) is 7.30. The summed E-state index contributed by atoms with van der Waals surface area (Å²) in [6.45, 7) is 3.60. The fourth-order valence-corrected chi connectivity index (χ4v) is 3.71. The van der Waals surface area contributed by atoms with Gasteiger partial charge in [0, 0.05) is 13.1 Å². The lowest BCUT2D eigenvalue weighted by atomic mass is 10.5. The molecule has 0 radical (unpaired) electrons. The van der Waals surface area contributed by atoms with Crippen molar-refractivity contribution in [2.24, 2.45) is 0 Å². The summed E-state index contributed by atoms with van der Waals surface area (Å²) in [6, 6.07) is 2.90. The average molecular weight is 362 g/mol. The van der Waals surface area contributed by atoms with E-state index in [4.69, 9.17) is 11.6 Å². The predicted molar refractivity (Wildman–Crippen MR) is 83.3 cm³/mol. The molecule has 0 aromatic carbocycles. The number of hydrogen-bond donors (Lipinski definition) is 3. The van der Waals surface area contributed by atoms with Crippen LogP contribution in [-0.4, -0.2) is 40.5 Å². The highest BCUT2D eigenvalue weighted by molar-refractivity contribution is 7.91. The molecule has 1 aromatic rings. The highest BCUT2D eigenvalue weighted by Gasteiger charge is 2.17. The lowest BCUT2D eigenvalue weighted by Crippen LogP contribution is -2.39. The van der Waals surface area contributed by atoms with E-state index in [0.29, 0.717) is 17.4 Å². The molecule has 3 N–H and O–H groups in total. The number of amides is 1. The van der Waals surface area contributed by atoms with E-state index in [1.807, 2.05) is 6.92 Å². The van der Waals surface area contributed by atoms with E-state index in [0.717, 1.165) is 17.9 Å². The predicted octanol–water partition coefficient (Wildman–Crippen LogP) is 0.827. The van der Waals surface area contributed by atoms with Gasteiger partial charge in [-0.05, 0) is 18.7 Å². The molecule has 0 atom stereocenters. The van der Waals surface area contributed by atoms with Crippen LogP contribution >= 0.6 is 35.3 Å². The van der Waals surface area contributed by atoms with Gasteiger partial charge in [-0.15, -0.1) is 23.7 Å². The van der Waals surface area contributed by atoms with Crippen molar-refractivity contribution >= 4 is 51.3 Å². The quantitative estimate of drug-likeness (QED) is 0.598. The number of likely N-dealkylation sites (N-methyl/N-ethyl adjacent to an activating group) is 1. The van der Waals surface area contributed by atoms with E-state index in [1.165, 1.54) is 12.1 Å². The number of carbonyl (C=O) groups excluding carboxylic acids is 1. The Hall–Kier alpha value is -0.380. The maximum Gasteiger partial charge on any atom is 0.250 e. The van der Waals surface area contributed by atoms with E-state index >= 15 is 0 Å². The fourth-order valence-electron chi connectivity index (χ4n) is 1.20. The largest absolute Gasteiger partial charge is 0.354 e. The molecule has 6 nitrogen and oxygen atoms in total. The van der Waals surface area contributed by atoms with Gasteiger partial charge in [0.1, 0.15) is 4.21 Å². The van der Waals surface area contributed by atoms with Gasteiger partial charge in [-0.25, -0.2) is 13.1 Å². The zero-order valence-corrected chi connectivity index (χ0v) is 14.0. The Labute approximate surface area is 133 Å². The first-order chi connectivity index (χ1) is 8.95. The van der Waals surface area contributed by atoms with Crippen LogP contribution in [0, 0.1) is 0 Å². The minimum absolute atomic E-state index is 0. The molecular formula is C10H17Cl2N3O3S2. The van der Waals surface area contributed by atoms with Crippen LogP contribution in [0.1, 0.15) is 6.92 Å². The van der Waals surface area contributed by atoms with Gasteiger partial charge in [-0.1, -0.05) is 18.5 Å². The number of hydrogen-bond acceptors (Lipinski definition) is 5. The Bertz CT molecular complexity index is 520. The Morgan fingerprint density at radius 2 is 2.05 bits per heavy atom. The minimum Gasteiger partial charge on any atom is -0.354 e. The van der Waals surface area contributed by atoms with Crippen molar-refractivity contribution in [3.63, 3.8) is 0 Å². The third kappa shape index (κ3) is 6.87. The molecular weight excluding hydrogens is 345 g/mol. The van der Waals surface area contributed by atoms with Crippen LogP contribution in [0.25, 0.3) is 0 Å². The third-order valence-corrected chi connectivity index (χ3v) is 5.23. The van der Waals surface area contributed by atoms with Crippen LogP contribution in [0.4, 0.5) is 0 Å². The Balaban J connectivity index is 0.00000361. The van der Waals surface area contributed by atoms with Crippen molar-refractivity contribution < 1.29 is 13.2 Å². The maximum absolute atomic E-state index is 11.8. The van der Waals surface area contributed by atoms with E-state index in [1.54, 1.807) is 0 Å². The molecule has 0 aliphatic carbocycles. The van der Waals surface area contributed by atoms with Crippen LogP contribution in [0.5, 0.6) is 0 Å². The Kier molecular flexibility index (Phi) is 9.36. The molecule has 0 aliphatic heterocycles. The molecule has 0 spiro atoms. The number of thiophene rings is 1. The summed E-state index contributed by atoms with van der Waals surface area (Å²) < 4.78 is 26.2. The van der Waals surface area contributed by atoms with Gasteiger partial charge in [0.05, 0.1) is 10.9 Å². The number of sulfonamides is 1. The summed E-state index contributed by atoms with van der Waals surface area (Å²) in [4.78, 5) is 11.4. The Morgan fingerprint density at radius 3 is 2.60 bits per heavy atom. The molecule has 116 valence electrons. The first-order valence-corrected chi connectivity index (χ1v) is 8.36. The highest BCUT2D eigenvalue weighted by atomic mass is 35.5. The standard InChI is InChI=1S/C10H16ClN3O3S2.ClH/c1-2-12-5-6-13-9(15)7-14-19(16,17)10-4-3-8(11)18-10;/h3-4,12,14H,2,5-7H2,1H3,(H,13,15);1H. The van der Waals surface area contributed by atoms with E-state index in [9.17, 15) is 13.2 Å². The SMILES string of the molecule is CCNCCNC(=O)CNS(=O)(=O)c1ccc(Cl)s1.Cl. The molecule has 0 saturated carbocycles. The maximum atomic E-state index is 11.8. The monoisotopic (exact) mass is 361 g/mol. The molecule has 0 unspecified atom stereocenters. The summed E-state index contributed by atoms with van der Waals surface area (Å²) >= 11 is 6.61. The van der Waals surface area contributed by atoms with Crippen molar-refractivity contribution in [2.75, 3.05) is 26.2 Å². The van der Waals surface area contributed by atoms with E-state index < -0.39 is 10.0 Å². The minimum atomic E-state index is -3.66. The summed E-state index contributed by atoms with van der Waals surface area (Å²) in [5.74, 6) is -0.371. The summed E-state index contributed by atoms with van der Waals surface area (Å²) in [7, 11) is -3.66. The number of rotatable bonds is 8. The molecule has 1 aromatic heterocycles. The van der Waals surface area contributed by atoms with Gasteiger partial charge < -0.3 is 10.6 Å². The van der Waals surface area contributed by atoms with Gasteiger partial charge in [0.15, 0.2) is 0 Å². The van der Waals surface area contributed by atoms with Crippen molar-refractivity contribution in [3.05, 3.63) is 16.5 Å². The van der Waals surface area contributed by atoms with Gasteiger partial charge >= 0.3 is 0 Å². The third-order valence-electron chi connectivity index (χ3n) is 2.11. The fraction of sp³-hybridized carbons (Fsp3) is 0.500. The summed E-state index contributed by atoms with van der Waals surface area (Å²) in [5.41, 5.74) is 0. The van der Waals surface area contributed by atoms with Crippen LogP contribution in [0.2, 0.25) is 4.34 Å². The van der Waals surface area contributed by atoms with E-state index in [-0.39, 0.29) is 29.1 Å². The molecule has 1 amide bonds. The highest BCUT2D eigenvalue weighted by Crippen LogP contribution is 2.24. The van der Waals surface area contributed by atoms with Crippen molar-refractivity contribution in [1.82, 2.24) is 15.4 Å². The lowest BCUT2D eigenvalue weighted by molar-refractivity contribution is -0.119. The number of carbonyl (C=O) groups is 1. The zero-order valence-electron chi connectivity index (χ0n) is 10.8. The van der Waals surface area contributed by atoms with Gasteiger partial charge in [0.2, 0.25) is 5.91 Å². The van der Waals surface area contributed by atoms with Crippen molar-refractivity contribution in [3.8, 4) is 0 Å². The van der Waals surface area contributed by atoms with Crippen LogP contribution < -0.4 is 15.4 Å². The molecule has 10 heteroatoms. The van der Waals surface area contributed by atoms with Gasteiger partial charge in [0.25, 0.3) is 10.0 Å². The Morgan fingerprint density at radius 1 is 1.35 bits per heavy atom. The van der Waals surface area contributed by atoms with Crippen LogP contribution in [0.3, 0.4) is 0 Å². The topological polar surface area (TPSA) is 87.3 Å². The molecule has 1 heterocycles. The van der Waals surface area contributed by atoms with Crippen LogP contribution in [-0.2, 0) is 14.8 Å². The second kappa shape index (κ2) is 9.54. The normalized spacial score (nSPS) is 10.9. The lowest BCUT2D eigenvalue weighted by Gasteiger charge is -2.06. The number of nitrogens with one attached hydrogen (secondary N) is 3. The average Bonchev–Trinajstić information content (AvgIpc) is 2.80. The smallest absolute Gasteiger partial charge is 0.250 e. The zero-order chi connectivity index (χ0) is 14.3. The van der Waals surface area contributed by atoms with Crippen LogP contribution in [0.15, 0.2) is 16.3 Å². The van der Waals surface area contributed by atoms with Gasteiger partial charge in [-0.2, -0.15) is 0 Å². The molecule has 0 bridgehead atoms. The summed E-state index contributed by atoms with van der Waals surface area (Å²) in [6.07, 6.45) is 0. The second-order valence-electron chi connectivity index (χ2n) is 3.59. The van der Waals surface area contributed by atoms with Crippen molar-refractivity contribution in [1.29, 1.82) is 0 Å². The molecule has 20 heavy (non-hydrogen) atoms.